The minimum atomic E-state index is 0.309. The van der Waals surface area contributed by atoms with E-state index in [0.29, 0.717) is 17.6 Å². The predicted octanol–water partition coefficient (Wildman–Crippen LogP) is 2.17. The summed E-state index contributed by atoms with van der Waals surface area (Å²) in [5, 5.41) is 7.15. The molecule has 0 bridgehead atoms. The van der Waals surface area contributed by atoms with Gasteiger partial charge in [-0.05, 0) is 57.7 Å². The molecule has 3 heteroatoms. The van der Waals surface area contributed by atoms with Crippen LogP contribution in [0, 0.1) is 11.3 Å². The monoisotopic (exact) mass is 254 g/mol. The van der Waals surface area contributed by atoms with Crippen LogP contribution in [-0.4, -0.2) is 38.9 Å². The first-order valence-corrected chi connectivity index (χ1v) is 7.61. The van der Waals surface area contributed by atoms with Gasteiger partial charge in [0.05, 0.1) is 6.10 Å². The van der Waals surface area contributed by atoms with Crippen LogP contribution in [0.3, 0.4) is 0 Å². The molecule has 2 unspecified atom stereocenters. The van der Waals surface area contributed by atoms with Gasteiger partial charge in [-0.2, -0.15) is 0 Å². The molecule has 1 aliphatic carbocycles. The number of nitrogens with one attached hydrogen (secondary N) is 2. The number of rotatable bonds is 6. The van der Waals surface area contributed by atoms with Gasteiger partial charge in [-0.15, -0.1) is 0 Å². The Hall–Kier alpha value is -0.120. The van der Waals surface area contributed by atoms with Gasteiger partial charge in [-0.25, -0.2) is 0 Å². The molecule has 0 amide bonds. The van der Waals surface area contributed by atoms with Gasteiger partial charge in [0.1, 0.15) is 0 Å². The molecule has 1 saturated carbocycles. The highest BCUT2D eigenvalue weighted by Gasteiger charge is 2.47. The Morgan fingerprint density at radius 1 is 1.28 bits per heavy atom. The van der Waals surface area contributed by atoms with E-state index in [9.17, 15) is 0 Å². The lowest BCUT2D eigenvalue weighted by molar-refractivity contribution is -0.0973. The van der Waals surface area contributed by atoms with Gasteiger partial charge in [0.2, 0.25) is 0 Å². The van der Waals surface area contributed by atoms with E-state index in [1.165, 1.54) is 51.7 Å². The number of hydrogen-bond donors (Lipinski definition) is 2. The molecule has 0 radical (unpaired) electrons. The van der Waals surface area contributed by atoms with E-state index in [4.69, 9.17) is 4.74 Å². The van der Waals surface area contributed by atoms with Gasteiger partial charge in [0.15, 0.2) is 0 Å². The maximum absolute atomic E-state index is 5.49. The summed E-state index contributed by atoms with van der Waals surface area (Å²) in [7, 11) is 1.83. The summed E-state index contributed by atoms with van der Waals surface area (Å²) < 4.78 is 5.49. The van der Waals surface area contributed by atoms with Crippen LogP contribution in [0.15, 0.2) is 0 Å². The summed E-state index contributed by atoms with van der Waals surface area (Å²) in [6, 6.07) is 0.649. The normalized spacial score (nSPS) is 32.2. The summed E-state index contributed by atoms with van der Waals surface area (Å²) in [6.07, 6.45) is 7.10. The minimum Gasteiger partial charge on any atom is -0.381 e. The molecule has 1 saturated heterocycles. The van der Waals surface area contributed by atoms with Gasteiger partial charge in [0.25, 0.3) is 0 Å². The third-order valence-electron chi connectivity index (χ3n) is 5.10. The molecule has 0 spiro atoms. The van der Waals surface area contributed by atoms with Gasteiger partial charge in [-0.3, -0.25) is 0 Å². The SMILES string of the molecule is COC1CC(NCCCC2CCNCC2)C1(C)C. The molecule has 0 aromatic rings. The highest BCUT2D eigenvalue weighted by molar-refractivity contribution is 5.02. The summed E-state index contributed by atoms with van der Waals surface area (Å²) in [5.74, 6) is 0.967. The first-order chi connectivity index (χ1) is 8.64. The molecule has 1 aliphatic heterocycles. The van der Waals surface area contributed by atoms with E-state index in [-0.39, 0.29) is 0 Å². The molecule has 0 aromatic heterocycles. The standard InChI is InChI=1S/C15H30N2O/c1-15(2)13(11-14(15)18-3)17-8-4-5-12-6-9-16-10-7-12/h12-14,16-17H,4-11H2,1-3H3. The van der Waals surface area contributed by atoms with Crippen LogP contribution >= 0.6 is 0 Å². The van der Waals surface area contributed by atoms with Gasteiger partial charge < -0.3 is 15.4 Å². The minimum absolute atomic E-state index is 0.309. The van der Waals surface area contributed by atoms with Crippen molar-refractivity contribution < 1.29 is 4.74 Å². The summed E-state index contributed by atoms with van der Waals surface area (Å²) in [4.78, 5) is 0. The van der Waals surface area contributed by atoms with E-state index >= 15 is 0 Å². The Bertz CT molecular complexity index is 249. The molecular formula is C15H30N2O. The third-order valence-corrected chi connectivity index (χ3v) is 5.10. The average molecular weight is 254 g/mol. The van der Waals surface area contributed by atoms with Crippen molar-refractivity contribution in [3.8, 4) is 0 Å². The second-order valence-electron chi connectivity index (χ2n) is 6.62. The predicted molar refractivity (Wildman–Crippen MR) is 75.8 cm³/mol. The summed E-state index contributed by atoms with van der Waals surface area (Å²) in [5.41, 5.74) is 0.309. The van der Waals surface area contributed by atoms with Gasteiger partial charge >= 0.3 is 0 Å². The zero-order valence-corrected chi connectivity index (χ0v) is 12.3. The van der Waals surface area contributed by atoms with Crippen LogP contribution < -0.4 is 10.6 Å². The van der Waals surface area contributed by atoms with E-state index in [0.717, 1.165) is 5.92 Å². The topological polar surface area (TPSA) is 33.3 Å². The quantitative estimate of drug-likeness (QED) is 0.713. The second-order valence-corrected chi connectivity index (χ2v) is 6.62. The molecular weight excluding hydrogens is 224 g/mol. The Morgan fingerprint density at radius 2 is 2.00 bits per heavy atom. The fraction of sp³-hybridized carbons (Fsp3) is 1.00. The molecule has 0 aromatic carbocycles. The third kappa shape index (κ3) is 3.25. The smallest absolute Gasteiger partial charge is 0.0652 e. The second kappa shape index (κ2) is 6.36. The summed E-state index contributed by atoms with van der Waals surface area (Å²) in [6.45, 7) is 8.26. The van der Waals surface area contributed by atoms with Crippen molar-refractivity contribution in [2.75, 3.05) is 26.7 Å². The lowest BCUT2D eigenvalue weighted by atomic mass is 9.64. The van der Waals surface area contributed by atoms with Crippen molar-refractivity contribution in [2.45, 2.75) is 58.1 Å². The molecule has 1 heterocycles. The molecule has 3 nitrogen and oxygen atoms in total. The van der Waals surface area contributed by atoms with Crippen LogP contribution in [0.5, 0.6) is 0 Å². The van der Waals surface area contributed by atoms with Gasteiger partial charge in [-0.1, -0.05) is 13.8 Å². The maximum Gasteiger partial charge on any atom is 0.0652 e. The number of piperidine rings is 1. The van der Waals surface area contributed by atoms with Gasteiger partial charge in [0, 0.05) is 18.6 Å². The Kier molecular flexibility index (Phi) is 5.05. The Balaban J connectivity index is 1.56. The Labute approximate surface area is 112 Å². The molecule has 2 fully saturated rings. The van der Waals surface area contributed by atoms with E-state index in [1.54, 1.807) is 0 Å². The molecule has 2 rings (SSSR count). The fourth-order valence-electron chi connectivity index (χ4n) is 3.47. The van der Waals surface area contributed by atoms with Crippen molar-refractivity contribution in [1.82, 2.24) is 10.6 Å². The van der Waals surface area contributed by atoms with Crippen LogP contribution in [0.2, 0.25) is 0 Å². The van der Waals surface area contributed by atoms with Crippen LogP contribution in [-0.2, 0) is 4.74 Å². The first kappa shape index (κ1) is 14.3. The highest BCUT2D eigenvalue weighted by Crippen LogP contribution is 2.42. The van der Waals surface area contributed by atoms with Crippen molar-refractivity contribution in [1.29, 1.82) is 0 Å². The van der Waals surface area contributed by atoms with Crippen LogP contribution in [0.25, 0.3) is 0 Å². The maximum atomic E-state index is 5.49. The average Bonchev–Trinajstić information content (AvgIpc) is 2.38. The van der Waals surface area contributed by atoms with E-state index < -0.39 is 0 Å². The molecule has 2 N–H and O–H groups in total. The lowest BCUT2D eigenvalue weighted by Gasteiger charge is -2.51. The summed E-state index contributed by atoms with van der Waals surface area (Å²) >= 11 is 0. The molecule has 18 heavy (non-hydrogen) atoms. The zero-order valence-electron chi connectivity index (χ0n) is 12.3. The Morgan fingerprint density at radius 3 is 2.61 bits per heavy atom. The van der Waals surface area contributed by atoms with E-state index in [1.807, 2.05) is 7.11 Å². The van der Waals surface area contributed by atoms with Crippen molar-refractivity contribution >= 4 is 0 Å². The molecule has 2 atom stereocenters. The van der Waals surface area contributed by atoms with Crippen molar-refractivity contribution in [3.63, 3.8) is 0 Å². The molecule has 2 aliphatic rings. The number of ether oxygens (including phenoxy) is 1. The van der Waals surface area contributed by atoms with Crippen molar-refractivity contribution in [3.05, 3.63) is 0 Å². The van der Waals surface area contributed by atoms with Crippen LogP contribution in [0.1, 0.15) is 46.0 Å². The van der Waals surface area contributed by atoms with E-state index in [2.05, 4.69) is 24.5 Å². The largest absolute Gasteiger partial charge is 0.381 e. The first-order valence-electron chi connectivity index (χ1n) is 7.61. The number of hydrogen-bond acceptors (Lipinski definition) is 3. The van der Waals surface area contributed by atoms with Crippen LogP contribution in [0.4, 0.5) is 0 Å². The number of methoxy groups -OCH3 is 1. The highest BCUT2D eigenvalue weighted by atomic mass is 16.5. The zero-order chi connectivity index (χ0) is 13.0. The van der Waals surface area contributed by atoms with Crippen molar-refractivity contribution in [2.24, 2.45) is 11.3 Å². The fourth-order valence-corrected chi connectivity index (χ4v) is 3.47. The lowest BCUT2D eigenvalue weighted by Crippen LogP contribution is -2.60. The molecule has 106 valence electrons.